The smallest absolute Gasteiger partial charge is 0.127 e. The van der Waals surface area contributed by atoms with Gasteiger partial charge in [-0.25, -0.2) is 0 Å². The Morgan fingerprint density at radius 2 is 1.71 bits per heavy atom. The van der Waals surface area contributed by atoms with Gasteiger partial charge in [0.2, 0.25) is 0 Å². The van der Waals surface area contributed by atoms with Crippen LogP contribution in [0.3, 0.4) is 0 Å². The van der Waals surface area contributed by atoms with Crippen molar-refractivity contribution in [3.05, 3.63) is 34.9 Å². The Kier molecular flexibility index (Phi) is 5.14. The van der Waals surface area contributed by atoms with E-state index in [9.17, 15) is 0 Å². The molecule has 0 fully saturated rings. The molecule has 0 spiro atoms. The lowest BCUT2D eigenvalue weighted by atomic mass is 9.62. The average molecular weight is 325 g/mol. The van der Waals surface area contributed by atoms with Gasteiger partial charge in [-0.3, -0.25) is 0 Å². The molecule has 0 radical (unpaired) electrons. The zero-order chi connectivity index (χ0) is 18.1. The van der Waals surface area contributed by atoms with Crippen LogP contribution in [0.1, 0.15) is 78.0 Å². The first-order chi connectivity index (χ1) is 11.1. The number of nitrogens with zero attached hydrogens (tertiary/aromatic N) is 1. The van der Waals surface area contributed by atoms with Crippen LogP contribution < -0.4 is 4.74 Å². The molecule has 0 aliphatic heterocycles. The van der Waals surface area contributed by atoms with Crippen LogP contribution in [0.25, 0.3) is 5.57 Å². The Labute approximate surface area is 147 Å². The number of allylic oxidation sites excluding steroid dienone is 2. The van der Waals surface area contributed by atoms with Crippen molar-refractivity contribution in [1.82, 2.24) is 0 Å². The number of hydrogen-bond donors (Lipinski definition) is 0. The number of fused-ring (bicyclic) bond motifs is 1. The van der Waals surface area contributed by atoms with Crippen molar-refractivity contribution in [3.63, 3.8) is 0 Å². The zero-order valence-corrected chi connectivity index (χ0v) is 16.3. The number of ether oxygens (including phenoxy) is 1. The summed E-state index contributed by atoms with van der Waals surface area (Å²) in [6.07, 6.45) is 3.98. The predicted octanol–water partition coefficient (Wildman–Crippen LogP) is 6.00. The molecule has 1 aliphatic carbocycles. The monoisotopic (exact) mass is 325 g/mol. The zero-order valence-electron chi connectivity index (χ0n) is 16.3. The summed E-state index contributed by atoms with van der Waals surface area (Å²) in [7, 11) is 0. The average Bonchev–Trinajstić information content (AvgIpc) is 2.49. The maximum absolute atomic E-state index is 9.06. The van der Waals surface area contributed by atoms with E-state index in [1.807, 2.05) is 6.92 Å². The van der Waals surface area contributed by atoms with E-state index < -0.39 is 0 Å². The first kappa shape index (κ1) is 18.6. The summed E-state index contributed by atoms with van der Waals surface area (Å²) >= 11 is 0. The number of nitriles is 1. The molecule has 130 valence electrons. The third kappa shape index (κ3) is 3.66. The van der Waals surface area contributed by atoms with E-state index >= 15 is 0 Å². The summed E-state index contributed by atoms with van der Waals surface area (Å²) < 4.78 is 6.14. The lowest BCUT2D eigenvalue weighted by Gasteiger charge is -2.42. The van der Waals surface area contributed by atoms with E-state index in [2.05, 4.69) is 59.7 Å². The molecule has 2 heteroatoms. The van der Waals surface area contributed by atoms with Crippen LogP contribution in [-0.2, 0) is 10.8 Å². The lowest BCUT2D eigenvalue weighted by Crippen LogP contribution is -2.34. The first-order valence-electron chi connectivity index (χ1n) is 8.97. The van der Waals surface area contributed by atoms with Crippen molar-refractivity contribution < 1.29 is 4.74 Å². The molecule has 1 aromatic rings. The maximum Gasteiger partial charge on any atom is 0.127 e. The fourth-order valence-corrected chi connectivity index (χ4v) is 3.45. The van der Waals surface area contributed by atoms with Gasteiger partial charge in [0.1, 0.15) is 5.75 Å². The van der Waals surface area contributed by atoms with E-state index in [1.165, 1.54) is 24.0 Å². The molecule has 0 aromatic heterocycles. The van der Waals surface area contributed by atoms with Gasteiger partial charge in [0.05, 0.1) is 12.7 Å². The molecule has 0 atom stereocenters. The van der Waals surface area contributed by atoms with Crippen LogP contribution in [0.4, 0.5) is 0 Å². The van der Waals surface area contributed by atoms with E-state index in [4.69, 9.17) is 10.00 Å². The van der Waals surface area contributed by atoms with Crippen LogP contribution in [0.15, 0.2) is 18.2 Å². The second-order valence-electron chi connectivity index (χ2n) is 8.82. The second-order valence-corrected chi connectivity index (χ2v) is 8.82. The number of rotatable bonds is 4. The largest absolute Gasteiger partial charge is 0.493 e. The third-order valence-corrected chi connectivity index (χ3v) is 5.23. The molecule has 1 aliphatic rings. The fraction of sp³-hybridized carbons (Fsp3) is 0.591. The third-order valence-electron chi connectivity index (χ3n) is 5.23. The van der Waals surface area contributed by atoms with Crippen LogP contribution in [-0.4, -0.2) is 6.61 Å². The van der Waals surface area contributed by atoms with Crippen molar-refractivity contribution in [3.8, 4) is 11.8 Å². The molecule has 0 saturated heterocycles. The minimum absolute atomic E-state index is 0.156. The molecule has 0 heterocycles. The first-order valence-corrected chi connectivity index (χ1v) is 8.97. The van der Waals surface area contributed by atoms with Gasteiger partial charge in [-0.15, -0.1) is 0 Å². The van der Waals surface area contributed by atoms with Gasteiger partial charge in [0, 0.05) is 11.6 Å². The highest BCUT2D eigenvalue weighted by molar-refractivity contribution is 5.73. The summed E-state index contributed by atoms with van der Waals surface area (Å²) in [5.74, 6) is 1.39. The molecule has 0 amide bonds. The normalized spacial score (nSPS) is 18.9. The molecule has 0 saturated carbocycles. The highest BCUT2D eigenvalue weighted by atomic mass is 16.5. The molecule has 24 heavy (non-hydrogen) atoms. The molecule has 1 aromatic carbocycles. The lowest BCUT2D eigenvalue weighted by molar-refractivity contribution is 0.267. The quantitative estimate of drug-likeness (QED) is 0.636. The predicted molar refractivity (Wildman–Crippen MR) is 101 cm³/mol. The van der Waals surface area contributed by atoms with E-state index in [0.717, 1.165) is 16.9 Å². The van der Waals surface area contributed by atoms with Crippen molar-refractivity contribution in [2.24, 2.45) is 5.92 Å². The molecular formula is C22H31NO. The molecule has 2 rings (SSSR count). The van der Waals surface area contributed by atoms with E-state index in [0.29, 0.717) is 12.5 Å². The van der Waals surface area contributed by atoms with Crippen molar-refractivity contribution >= 4 is 5.57 Å². The summed E-state index contributed by atoms with van der Waals surface area (Å²) in [6, 6.07) is 6.67. The SMILES string of the molecule is CC(=CC#N)c1cc2c(cc1OCC(C)C)C(C)(C)CCC2(C)C. The molecular weight excluding hydrogens is 294 g/mol. The molecule has 2 nitrogen and oxygen atoms in total. The highest BCUT2D eigenvalue weighted by Crippen LogP contribution is 2.48. The molecule has 0 N–H and O–H groups in total. The summed E-state index contributed by atoms with van der Waals surface area (Å²) in [4.78, 5) is 0. The Hall–Kier alpha value is -1.75. The Morgan fingerprint density at radius 1 is 1.17 bits per heavy atom. The second kappa shape index (κ2) is 6.63. The van der Waals surface area contributed by atoms with Gasteiger partial charge in [-0.05, 0) is 65.3 Å². The van der Waals surface area contributed by atoms with E-state index in [-0.39, 0.29) is 10.8 Å². The Bertz CT molecular complexity index is 687. The van der Waals surface area contributed by atoms with Crippen molar-refractivity contribution in [2.45, 2.75) is 72.1 Å². The van der Waals surface area contributed by atoms with Crippen molar-refractivity contribution in [2.75, 3.05) is 6.61 Å². The molecule has 0 unspecified atom stereocenters. The fourth-order valence-electron chi connectivity index (χ4n) is 3.45. The standard InChI is InChI=1S/C22H31NO/c1-15(2)14-24-20-13-19-18(12-17(20)16(3)8-11-23)21(4,5)9-10-22(19,6)7/h8,12-13,15H,9-10,14H2,1-7H3. The van der Waals surface area contributed by atoms with Crippen molar-refractivity contribution in [1.29, 1.82) is 5.26 Å². The number of benzene rings is 1. The minimum Gasteiger partial charge on any atom is -0.493 e. The summed E-state index contributed by atoms with van der Waals surface area (Å²) in [5, 5.41) is 9.06. The van der Waals surface area contributed by atoms with Crippen LogP contribution in [0.5, 0.6) is 5.75 Å². The maximum atomic E-state index is 9.06. The van der Waals surface area contributed by atoms with Crippen LogP contribution in [0.2, 0.25) is 0 Å². The Morgan fingerprint density at radius 3 is 2.21 bits per heavy atom. The summed E-state index contributed by atoms with van der Waals surface area (Å²) in [6.45, 7) is 16.3. The highest BCUT2D eigenvalue weighted by Gasteiger charge is 2.38. The van der Waals surface area contributed by atoms with Gasteiger partial charge < -0.3 is 4.74 Å². The minimum atomic E-state index is 0.156. The summed E-state index contributed by atoms with van der Waals surface area (Å²) in [5.41, 5.74) is 5.14. The van der Waals surface area contributed by atoms with Gasteiger partial charge in [-0.1, -0.05) is 41.5 Å². The number of hydrogen-bond acceptors (Lipinski definition) is 2. The van der Waals surface area contributed by atoms with Gasteiger partial charge in [-0.2, -0.15) is 5.26 Å². The Balaban J connectivity index is 2.66. The molecule has 0 bridgehead atoms. The topological polar surface area (TPSA) is 33.0 Å². The van der Waals surface area contributed by atoms with Crippen LogP contribution >= 0.6 is 0 Å². The van der Waals surface area contributed by atoms with Crippen LogP contribution in [0, 0.1) is 17.2 Å². The van der Waals surface area contributed by atoms with Gasteiger partial charge >= 0.3 is 0 Å². The van der Waals surface area contributed by atoms with Gasteiger partial charge in [0.15, 0.2) is 0 Å². The van der Waals surface area contributed by atoms with E-state index in [1.54, 1.807) is 6.08 Å². The van der Waals surface area contributed by atoms with Gasteiger partial charge in [0.25, 0.3) is 0 Å².